The Hall–Kier alpha value is -0.0400. The number of aliphatic hydroxyl groups excluding tert-OH is 1. The summed E-state index contributed by atoms with van der Waals surface area (Å²) in [6.45, 7) is 5.09. The van der Waals surface area contributed by atoms with E-state index < -0.39 is 0 Å². The molecule has 1 N–H and O–H groups in total. The molecule has 0 aromatic rings. The van der Waals surface area contributed by atoms with E-state index in [9.17, 15) is 0 Å². The van der Waals surface area contributed by atoms with E-state index in [1.54, 1.807) is 0 Å². The molecule has 1 nitrogen and oxygen atoms in total. The first-order valence-corrected chi connectivity index (χ1v) is 11.9. The van der Waals surface area contributed by atoms with E-state index in [0.29, 0.717) is 6.61 Å². The fraction of sp³-hybridized carbons (Fsp3) is 1.00. The SMILES string of the molecule is CCCCCCCC(CC)CCCC(CCCCO)C1CCCCC1. The zero-order chi connectivity index (χ0) is 18.2. The summed E-state index contributed by atoms with van der Waals surface area (Å²) in [6.07, 6.45) is 25.4. The van der Waals surface area contributed by atoms with E-state index in [1.807, 2.05) is 0 Å². The van der Waals surface area contributed by atoms with Crippen molar-refractivity contribution in [3.05, 3.63) is 0 Å². The molecule has 1 heteroatoms. The van der Waals surface area contributed by atoms with Gasteiger partial charge >= 0.3 is 0 Å². The van der Waals surface area contributed by atoms with Gasteiger partial charge in [-0.2, -0.15) is 0 Å². The zero-order valence-electron chi connectivity index (χ0n) is 17.6. The van der Waals surface area contributed by atoms with Gasteiger partial charge in [-0.05, 0) is 24.2 Å². The van der Waals surface area contributed by atoms with Gasteiger partial charge in [0.2, 0.25) is 0 Å². The second-order valence-corrected chi connectivity index (χ2v) is 8.79. The third kappa shape index (κ3) is 11.3. The lowest BCUT2D eigenvalue weighted by Crippen LogP contribution is -2.18. The molecule has 1 aliphatic rings. The van der Waals surface area contributed by atoms with Crippen molar-refractivity contribution in [2.75, 3.05) is 6.61 Å². The summed E-state index contributed by atoms with van der Waals surface area (Å²) >= 11 is 0. The van der Waals surface area contributed by atoms with Gasteiger partial charge in [0.15, 0.2) is 0 Å². The minimum atomic E-state index is 0.382. The minimum absolute atomic E-state index is 0.382. The smallest absolute Gasteiger partial charge is 0.0431 e. The molecule has 1 fully saturated rings. The summed E-state index contributed by atoms with van der Waals surface area (Å²) in [6, 6.07) is 0. The molecule has 1 aliphatic carbocycles. The summed E-state index contributed by atoms with van der Waals surface area (Å²) < 4.78 is 0. The van der Waals surface area contributed by atoms with Crippen LogP contribution in [-0.4, -0.2) is 11.7 Å². The molecule has 0 saturated heterocycles. The maximum atomic E-state index is 9.11. The van der Waals surface area contributed by atoms with Crippen LogP contribution in [0.1, 0.15) is 129 Å². The van der Waals surface area contributed by atoms with Crippen molar-refractivity contribution in [1.29, 1.82) is 0 Å². The van der Waals surface area contributed by atoms with Crippen LogP contribution in [0.5, 0.6) is 0 Å². The van der Waals surface area contributed by atoms with Crippen molar-refractivity contribution in [2.45, 2.75) is 129 Å². The van der Waals surface area contributed by atoms with E-state index >= 15 is 0 Å². The molecule has 1 saturated carbocycles. The predicted molar refractivity (Wildman–Crippen MR) is 112 cm³/mol. The van der Waals surface area contributed by atoms with Gasteiger partial charge in [-0.15, -0.1) is 0 Å². The van der Waals surface area contributed by atoms with Gasteiger partial charge in [0, 0.05) is 6.61 Å². The lowest BCUT2D eigenvalue weighted by Gasteiger charge is -2.31. The van der Waals surface area contributed by atoms with E-state index in [1.165, 1.54) is 109 Å². The average Bonchev–Trinajstić information content (AvgIpc) is 2.66. The Morgan fingerprint density at radius 2 is 1.36 bits per heavy atom. The van der Waals surface area contributed by atoms with E-state index in [4.69, 9.17) is 5.11 Å². The molecule has 0 spiro atoms. The largest absolute Gasteiger partial charge is 0.396 e. The molecule has 0 radical (unpaired) electrons. The van der Waals surface area contributed by atoms with Crippen LogP contribution in [0.15, 0.2) is 0 Å². The molecule has 0 amide bonds. The maximum absolute atomic E-state index is 9.11. The van der Waals surface area contributed by atoms with Crippen molar-refractivity contribution in [1.82, 2.24) is 0 Å². The second-order valence-electron chi connectivity index (χ2n) is 8.79. The number of hydrogen-bond acceptors (Lipinski definition) is 1. The number of unbranched alkanes of at least 4 members (excludes halogenated alkanes) is 5. The number of rotatable bonds is 16. The molecule has 2 atom stereocenters. The second kappa shape index (κ2) is 16.2. The first-order valence-electron chi connectivity index (χ1n) is 11.9. The van der Waals surface area contributed by atoms with Gasteiger partial charge in [0.05, 0.1) is 0 Å². The summed E-state index contributed by atoms with van der Waals surface area (Å²) in [4.78, 5) is 0. The highest BCUT2D eigenvalue weighted by Crippen LogP contribution is 2.36. The normalized spacial score (nSPS) is 18.4. The average molecular weight is 353 g/mol. The Labute approximate surface area is 159 Å². The number of hydrogen-bond donors (Lipinski definition) is 1. The van der Waals surface area contributed by atoms with Crippen molar-refractivity contribution in [2.24, 2.45) is 17.8 Å². The van der Waals surface area contributed by atoms with Gasteiger partial charge in [-0.1, -0.05) is 123 Å². The van der Waals surface area contributed by atoms with Crippen molar-refractivity contribution in [3.8, 4) is 0 Å². The molecular formula is C24H48O. The van der Waals surface area contributed by atoms with Crippen LogP contribution < -0.4 is 0 Å². The third-order valence-corrected chi connectivity index (χ3v) is 6.78. The van der Waals surface area contributed by atoms with E-state index in [2.05, 4.69) is 13.8 Å². The highest BCUT2D eigenvalue weighted by Gasteiger charge is 2.23. The summed E-state index contributed by atoms with van der Waals surface area (Å²) in [5.74, 6) is 2.93. The molecule has 0 bridgehead atoms. The van der Waals surface area contributed by atoms with Gasteiger partial charge in [-0.3, -0.25) is 0 Å². The molecule has 0 heterocycles. The summed E-state index contributed by atoms with van der Waals surface area (Å²) in [5.41, 5.74) is 0. The predicted octanol–water partition coefficient (Wildman–Crippen LogP) is 7.90. The van der Waals surface area contributed by atoms with Crippen LogP contribution in [0.2, 0.25) is 0 Å². The van der Waals surface area contributed by atoms with Gasteiger partial charge in [0.1, 0.15) is 0 Å². The fourth-order valence-corrected chi connectivity index (χ4v) is 5.00. The van der Waals surface area contributed by atoms with Gasteiger partial charge in [0.25, 0.3) is 0 Å². The molecular weight excluding hydrogens is 304 g/mol. The maximum Gasteiger partial charge on any atom is 0.0431 e. The van der Waals surface area contributed by atoms with Gasteiger partial charge < -0.3 is 5.11 Å². The lowest BCUT2D eigenvalue weighted by atomic mass is 9.75. The van der Waals surface area contributed by atoms with Crippen molar-refractivity contribution in [3.63, 3.8) is 0 Å². The van der Waals surface area contributed by atoms with Crippen LogP contribution >= 0.6 is 0 Å². The molecule has 150 valence electrons. The Bertz CT molecular complexity index is 269. The Balaban J connectivity index is 2.25. The van der Waals surface area contributed by atoms with E-state index in [-0.39, 0.29) is 0 Å². The van der Waals surface area contributed by atoms with Crippen LogP contribution in [0, 0.1) is 17.8 Å². The van der Waals surface area contributed by atoms with Crippen molar-refractivity contribution >= 4 is 0 Å². The summed E-state index contributed by atoms with van der Waals surface area (Å²) in [7, 11) is 0. The molecule has 0 aromatic heterocycles. The molecule has 0 aliphatic heterocycles. The Kier molecular flexibility index (Phi) is 14.9. The fourth-order valence-electron chi connectivity index (χ4n) is 5.00. The summed E-state index contributed by atoms with van der Waals surface area (Å²) in [5, 5.41) is 9.11. The molecule has 2 unspecified atom stereocenters. The Morgan fingerprint density at radius 3 is 2.04 bits per heavy atom. The highest BCUT2D eigenvalue weighted by atomic mass is 16.2. The van der Waals surface area contributed by atoms with Crippen LogP contribution in [-0.2, 0) is 0 Å². The monoisotopic (exact) mass is 352 g/mol. The highest BCUT2D eigenvalue weighted by molar-refractivity contribution is 4.75. The lowest BCUT2D eigenvalue weighted by molar-refractivity contribution is 0.204. The number of aliphatic hydroxyl groups is 1. The van der Waals surface area contributed by atoms with Crippen LogP contribution in [0.25, 0.3) is 0 Å². The van der Waals surface area contributed by atoms with Gasteiger partial charge in [-0.25, -0.2) is 0 Å². The van der Waals surface area contributed by atoms with E-state index in [0.717, 1.165) is 24.2 Å². The molecule has 25 heavy (non-hydrogen) atoms. The first kappa shape index (κ1) is 23.0. The minimum Gasteiger partial charge on any atom is -0.396 e. The Morgan fingerprint density at radius 1 is 0.720 bits per heavy atom. The standard InChI is InChI=1S/C24H48O/c1-3-5-6-7-9-15-22(4-2)16-14-20-24(19-12-13-21-25)23-17-10-8-11-18-23/h22-25H,3-21H2,1-2H3. The molecule has 1 rings (SSSR count). The first-order chi connectivity index (χ1) is 12.3. The van der Waals surface area contributed by atoms with Crippen LogP contribution in [0.4, 0.5) is 0 Å². The topological polar surface area (TPSA) is 20.2 Å². The third-order valence-electron chi connectivity index (χ3n) is 6.78. The zero-order valence-corrected chi connectivity index (χ0v) is 17.6. The molecule has 0 aromatic carbocycles. The van der Waals surface area contributed by atoms with Crippen molar-refractivity contribution < 1.29 is 5.11 Å². The van der Waals surface area contributed by atoms with Crippen LogP contribution in [0.3, 0.4) is 0 Å². The quantitative estimate of drug-likeness (QED) is 0.280.